The first-order chi connectivity index (χ1) is 5.72. The summed E-state index contributed by atoms with van der Waals surface area (Å²) < 4.78 is 4.80. The first kappa shape index (κ1) is 12.1. The fourth-order valence-corrected chi connectivity index (χ4v) is 1.20. The molecule has 0 aromatic heterocycles. The molecule has 0 bridgehead atoms. The lowest BCUT2D eigenvalue weighted by molar-refractivity contribution is -0.144. The molecule has 0 unspecified atom stereocenters. The molecule has 0 spiro atoms. The summed E-state index contributed by atoms with van der Waals surface area (Å²) in [5, 5.41) is 0. The van der Waals surface area contributed by atoms with Gasteiger partial charge in [0.15, 0.2) is 0 Å². The van der Waals surface area contributed by atoms with Gasteiger partial charge in [-0.05, 0) is 18.4 Å². The minimum atomic E-state index is -0.475. The van der Waals surface area contributed by atoms with E-state index < -0.39 is 6.04 Å². The van der Waals surface area contributed by atoms with Gasteiger partial charge in [-0.3, -0.25) is 4.79 Å². The van der Waals surface area contributed by atoms with Crippen LogP contribution in [0.25, 0.3) is 0 Å². The lowest BCUT2D eigenvalue weighted by atomic mass is 10.2. The highest BCUT2D eigenvalue weighted by molar-refractivity contribution is 7.98. The van der Waals surface area contributed by atoms with E-state index in [1.54, 1.807) is 11.8 Å². The van der Waals surface area contributed by atoms with E-state index in [4.69, 9.17) is 10.5 Å². The fourth-order valence-electron chi connectivity index (χ4n) is 0.616. The maximum absolute atomic E-state index is 11.0. The molecular weight excluding hydrogens is 194 g/mol. The molecule has 0 aliphatic carbocycles. The van der Waals surface area contributed by atoms with Crippen molar-refractivity contribution in [1.29, 1.82) is 0 Å². The monoisotopic (exact) mass is 209 g/mol. The number of carbonyl (C=O) groups excluding carboxylic acids is 1. The highest BCUT2D eigenvalue weighted by Gasteiger charge is 2.13. The van der Waals surface area contributed by atoms with Crippen molar-refractivity contribution in [2.75, 3.05) is 24.4 Å². The fraction of sp³-hybridized carbons (Fsp3) is 0.857. The predicted molar refractivity (Wildman–Crippen MR) is 55.8 cm³/mol. The van der Waals surface area contributed by atoms with Crippen LogP contribution in [0.5, 0.6) is 0 Å². The SMILES string of the molecule is CSCC[C@H](N)C(=O)OCCS. The van der Waals surface area contributed by atoms with Crippen LogP contribution in [0.4, 0.5) is 0 Å². The summed E-state index contributed by atoms with van der Waals surface area (Å²) in [6.07, 6.45) is 2.65. The Balaban J connectivity index is 3.47. The van der Waals surface area contributed by atoms with Crippen LogP contribution in [0.2, 0.25) is 0 Å². The number of carbonyl (C=O) groups is 1. The van der Waals surface area contributed by atoms with E-state index >= 15 is 0 Å². The standard InChI is InChI=1S/C7H15NO2S2/c1-12-5-2-6(8)7(9)10-3-4-11/h6,11H,2-5,8H2,1H3/t6-/m0/s1. The Morgan fingerprint density at radius 1 is 1.75 bits per heavy atom. The van der Waals surface area contributed by atoms with E-state index in [-0.39, 0.29) is 5.97 Å². The van der Waals surface area contributed by atoms with Crippen molar-refractivity contribution < 1.29 is 9.53 Å². The predicted octanol–water partition coefficient (Wildman–Crippen LogP) is 0.540. The van der Waals surface area contributed by atoms with Crippen molar-refractivity contribution in [3.63, 3.8) is 0 Å². The number of thiol groups is 1. The molecule has 0 rings (SSSR count). The molecule has 12 heavy (non-hydrogen) atoms. The Morgan fingerprint density at radius 3 is 2.92 bits per heavy atom. The van der Waals surface area contributed by atoms with E-state index in [1.165, 1.54) is 0 Å². The summed E-state index contributed by atoms with van der Waals surface area (Å²) in [5.41, 5.74) is 5.53. The van der Waals surface area contributed by atoms with Gasteiger partial charge in [-0.15, -0.1) is 0 Å². The first-order valence-corrected chi connectivity index (χ1v) is 5.77. The van der Waals surface area contributed by atoms with Crippen LogP contribution in [0.15, 0.2) is 0 Å². The van der Waals surface area contributed by atoms with Crippen molar-refractivity contribution in [2.24, 2.45) is 5.73 Å². The second kappa shape index (κ2) is 7.76. The normalized spacial score (nSPS) is 12.6. The minimum absolute atomic E-state index is 0.321. The molecule has 0 radical (unpaired) electrons. The van der Waals surface area contributed by atoms with Gasteiger partial charge < -0.3 is 10.5 Å². The van der Waals surface area contributed by atoms with Gasteiger partial charge in [-0.1, -0.05) is 0 Å². The topological polar surface area (TPSA) is 52.3 Å². The molecular formula is C7H15NO2S2. The minimum Gasteiger partial charge on any atom is -0.464 e. The summed E-state index contributed by atoms with van der Waals surface area (Å²) in [6, 6.07) is -0.475. The summed E-state index contributed by atoms with van der Waals surface area (Å²) in [5.74, 6) is 1.11. The van der Waals surface area contributed by atoms with Crippen molar-refractivity contribution >= 4 is 30.4 Å². The molecule has 72 valence electrons. The molecule has 0 aromatic rings. The third-order valence-electron chi connectivity index (χ3n) is 1.27. The number of esters is 1. The lowest BCUT2D eigenvalue weighted by Gasteiger charge is -2.09. The number of ether oxygens (including phenoxy) is 1. The van der Waals surface area contributed by atoms with Crippen molar-refractivity contribution in [3.05, 3.63) is 0 Å². The molecule has 0 aromatic carbocycles. The van der Waals surface area contributed by atoms with Gasteiger partial charge in [0.05, 0.1) is 0 Å². The van der Waals surface area contributed by atoms with Crippen molar-refractivity contribution in [1.82, 2.24) is 0 Å². The zero-order chi connectivity index (χ0) is 9.40. The third kappa shape index (κ3) is 5.74. The molecule has 0 saturated heterocycles. The van der Waals surface area contributed by atoms with Gasteiger partial charge in [0.1, 0.15) is 12.6 Å². The number of hydrogen-bond donors (Lipinski definition) is 2. The molecule has 0 heterocycles. The van der Waals surface area contributed by atoms with E-state index in [1.807, 2.05) is 6.26 Å². The summed E-state index contributed by atoms with van der Waals surface area (Å²) >= 11 is 5.58. The highest BCUT2D eigenvalue weighted by atomic mass is 32.2. The Hall–Kier alpha value is 0.130. The van der Waals surface area contributed by atoms with Crippen LogP contribution in [-0.2, 0) is 9.53 Å². The van der Waals surface area contributed by atoms with Crippen molar-refractivity contribution in [3.8, 4) is 0 Å². The Kier molecular flexibility index (Phi) is 7.85. The van der Waals surface area contributed by atoms with Gasteiger partial charge in [0.25, 0.3) is 0 Å². The number of thioether (sulfide) groups is 1. The van der Waals surface area contributed by atoms with Crippen LogP contribution < -0.4 is 5.73 Å². The van der Waals surface area contributed by atoms with Crippen molar-refractivity contribution in [2.45, 2.75) is 12.5 Å². The van der Waals surface area contributed by atoms with E-state index in [0.717, 1.165) is 5.75 Å². The first-order valence-electron chi connectivity index (χ1n) is 3.74. The van der Waals surface area contributed by atoms with E-state index in [9.17, 15) is 4.79 Å². The Labute approximate surface area is 82.8 Å². The number of nitrogens with two attached hydrogens (primary N) is 1. The number of hydrogen-bond acceptors (Lipinski definition) is 5. The largest absolute Gasteiger partial charge is 0.464 e. The van der Waals surface area contributed by atoms with E-state index in [2.05, 4.69) is 12.6 Å². The van der Waals surface area contributed by atoms with Gasteiger partial charge >= 0.3 is 5.97 Å². The lowest BCUT2D eigenvalue weighted by Crippen LogP contribution is -2.33. The summed E-state index contributed by atoms with van der Waals surface area (Å²) in [7, 11) is 0. The Bertz CT molecular complexity index is 133. The molecule has 0 amide bonds. The zero-order valence-corrected chi connectivity index (χ0v) is 8.87. The molecule has 1 atom stereocenters. The molecule has 3 nitrogen and oxygen atoms in total. The maximum Gasteiger partial charge on any atom is 0.322 e. The molecule has 2 N–H and O–H groups in total. The second-order valence-corrected chi connectivity index (χ2v) is 3.71. The van der Waals surface area contributed by atoms with Crippen LogP contribution in [-0.4, -0.2) is 36.4 Å². The van der Waals surface area contributed by atoms with Crippen LogP contribution in [0.1, 0.15) is 6.42 Å². The third-order valence-corrected chi connectivity index (χ3v) is 2.10. The van der Waals surface area contributed by atoms with E-state index in [0.29, 0.717) is 18.8 Å². The highest BCUT2D eigenvalue weighted by Crippen LogP contribution is 2.00. The van der Waals surface area contributed by atoms with Crippen LogP contribution >= 0.6 is 24.4 Å². The average molecular weight is 209 g/mol. The van der Waals surface area contributed by atoms with Gasteiger partial charge in [0, 0.05) is 5.75 Å². The van der Waals surface area contributed by atoms with Crippen LogP contribution in [0.3, 0.4) is 0 Å². The molecule has 0 aliphatic heterocycles. The molecule has 5 heteroatoms. The summed E-state index contributed by atoms with van der Waals surface area (Å²) in [4.78, 5) is 11.0. The van der Waals surface area contributed by atoms with Crippen LogP contribution in [0, 0.1) is 0 Å². The molecule has 0 aliphatic rings. The number of rotatable bonds is 6. The average Bonchev–Trinajstić information content (AvgIpc) is 2.10. The maximum atomic E-state index is 11.0. The quantitative estimate of drug-likeness (QED) is 0.495. The summed E-state index contributed by atoms with van der Waals surface area (Å²) in [6.45, 7) is 0.342. The molecule has 0 saturated carbocycles. The van der Waals surface area contributed by atoms with Gasteiger partial charge in [-0.2, -0.15) is 24.4 Å². The Morgan fingerprint density at radius 2 is 2.42 bits per heavy atom. The molecule has 0 fully saturated rings. The van der Waals surface area contributed by atoms with Gasteiger partial charge in [0.2, 0.25) is 0 Å². The van der Waals surface area contributed by atoms with Gasteiger partial charge in [-0.25, -0.2) is 0 Å². The zero-order valence-electron chi connectivity index (χ0n) is 7.16. The second-order valence-electron chi connectivity index (χ2n) is 2.28. The smallest absolute Gasteiger partial charge is 0.322 e.